The Kier molecular flexibility index (Phi) is 28.4. The first-order valence-electron chi connectivity index (χ1n) is 23.0. The summed E-state index contributed by atoms with van der Waals surface area (Å²) < 4.78 is 38.7. The maximum atomic E-state index is 12.3. The number of carboxylic acid groups (broad SMARTS) is 3. The van der Waals surface area contributed by atoms with Crippen molar-refractivity contribution in [3.63, 3.8) is 0 Å². The summed E-state index contributed by atoms with van der Waals surface area (Å²) in [6.07, 6.45) is 0.981. The van der Waals surface area contributed by atoms with Gasteiger partial charge in [-0.1, -0.05) is 24.3 Å². The van der Waals surface area contributed by atoms with E-state index in [1.165, 1.54) is 6.33 Å². The average Bonchev–Trinajstić information content (AvgIpc) is 3.41. The molecule has 0 radical (unpaired) electrons. The van der Waals surface area contributed by atoms with Gasteiger partial charge in [0.1, 0.15) is 0 Å². The fourth-order valence-corrected chi connectivity index (χ4v) is 7.06. The van der Waals surface area contributed by atoms with Crippen molar-refractivity contribution >= 4 is 46.8 Å². The second-order valence-electron chi connectivity index (χ2n) is 15.7. The van der Waals surface area contributed by atoms with Crippen LogP contribution in [0.4, 0.5) is 5.69 Å². The van der Waals surface area contributed by atoms with Crippen molar-refractivity contribution in [1.82, 2.24) is 47.0 Å². The number of ether oxygens (including phenoxy) is 7. The van der Waals surface area contributed by atoms with Crippen LogP contribution in [0.3, 0.4) is 0 Å². The number of benzene rings is 2. The number of nitrogens with zero attached hydrogens (tertiary/aromatic N) is 4. The number of rotatable bonds is 35. The molecule has 4 rings (SSSR count). The number of anilines is 1. The van der Waals surface area contributed by atoms with Crippen molar-refractivity contribution in [2.75, 3.05) is 124 Å². The molecular formula is C45H66N10O14S. The summed E-state index contributed by atoms with van der Waals surface area (Å²) in [7, 11) is 0. The molecule has 1 fully saturated rings. The molecule has 1 aliphatic heterocycles. The number of aliphatic carboxylic acids is 3. The van der Waals surface area contributed by atoms with E-state index in [9.17, 15) is 34.5 Å². The summed E-state index contributed by atoms with van der Waals surface area (Å²) in [4.78, 5) is 47.1. The van der Waals surface area contributed by atoms with Crippen LogP contribution < -0.4 is 31.9 Å². The first-order chi connectivity index (χ1) is 34.0. The van der Waals surface area contributed by atoms with E-state index in [4.69, 9.17) is 45.4 Å². The highest BCUT2D eigenvalue weighted by atomic mass is 32.1. The van der Waals surface area contributed by atoms with E-state index in [0.29, 0.717) is 134 Å². The van der Waals surface area contributed by atoms with Gasteiger partial charge in [0.15, 0.2) is 11.4 Å². The Balaban J connectivity index is 0.911. The van der Waals surface area contributed by atoms with Crippen LogP contribution in [-0.2, 0) is 54.0 Å². The van der Waals surface area contributed by atoms with Gasteiger partial charge in [-0.25, -0.2) is 0 Å². The van der Waals surface area contributed by atoms with Gasteiger partial charge in [0.25, 0.3) is 5.91 Å². The van der Waals surface area contributed by atoms with Gasteiger partial charge in [-0.2, -0.15) is 0 Å². The van der Waals surface area contributed by atoms with E-state index in [0.717, 1.165) is 11.3 Å². The van der Waals surface area contributed by atoms with E-state index < -0.39 is 42.1 Å². The fraction of sp³-hybridized carbons (Fsp3) is 0.578. The predicted molar refractivity (Wildman–Crippen MR) is 257 cm³/mol. The minimum atomic E-state index is -1.03. The lowest BCUT2D eigenvalue weighted by Gasteiger charge is -2.30. The molecule has 0 aliphatic carbocycles. The Bertz CT molecular complexity index is 1960. The van der Waals surface area contributed by atoms with Crippen molar-refractivity contribution in [3.05, 3.63) is 66.0 Å². The lowest BCUT2D eigenvalue weighted by molar-refractivity contribution is -0.139. The van der Waals surface area contributed by atoms with Gasteiger partial charge in [-0.3, -0.25) is 19.2 Å². The highest BCUT2D eigenvalue weighted by Gasteiger charge is 2.30. The van der Waals surface area contributed by atoms with E-state index in [1.54, 1.807) is 24.3 Å². The lowest BCUT2D eigenvalue weighted by Crippen LogP contribution is -2.54. The molecule has 4 unspecified atom stereocenters. The second kappa shape index (κ2) is 34.8. The standard InChI is InChI=1S/C45H66N10O14S/c56-40(57)26-36-29-49-38(28-42(60)61)39(52-37(30-48-36)27-41(58)59)25-32-1-7-35(8-2-32)53-45(70)47-10-12-64-14-16-66-18-20-68-22-24-69-23-21-67-19-17-65-15-13-63-11-9-46-44(62)34-5-3-33(4-6-34)43-54-50-31-51-55-43/h1-8,31,36-39,48-49,52H,9-30H2,(H,46,62)(H,56,57)(H,58,59)(H,60,61)(H2,47,53,70). The zero-order chi connectivity index (χ0) is 50.0. The van der Waals surface area contributed by atoms with E-state index in [2.05, 4.69) is 52.3 Å². The predicted octanol–water partition coefficient (Wildman–Crippen LogP) is -0.0104. The second-order valence-corrected chi connectivity index (χ2v) is 16.1. The Morgan fingerprint density at radius 1 is 0.571 bits per heavy atom. The van der Waals surface area contributed by atoms with Crippen LogP contribution in [0.5, 0.6) is 0 Å². The Labute approximate surface area is 411 Å². The number of carbonyl (C=O) groups is 4. The third-order valence-electron chi connectivity index (χ3n) is 10.2. The molecule has 0 spiro atoms. The number of nitrogens with one attached hydrogen (secondary N) is 6. The molecule has 2 aromatic carbocycles. The van der Waals surface area contributed by atoms with Crippen LogP contribution in [0, 0.1) is 0 Å². The molecule has 3 aromatic rings. The molecule has 386 valence electrons. The zero-order valence-electron chi connectivity index (χ0n) is 39.1. The average molecular weight is 1000 g/mol. The third kappa shape index (κ3) is 25.4. The zero-order valence-corrected chi connectivity index (χ0v) is 39.9. The van der Waals surface area contributed by atoms with Crippen LogP contribution in [-0.4, -0.2) is 207 Å². The molecule has 2 heterocycles. The van der Waals surface area contributed by atoms with Crippen molar-refractivity contribution < 1.29 is 67.7 Å². The third-order valence-corrected chi connectivity index (χ3v) is 10.5. The van der Waals surface area contributed by atoms with E-state index in [-0.39, 0.29) is 38.3 Å². The normalized spacial score (nSPS) is 17.1. The maximum Gasteiger partial charge on any atom is 0.304 e. The summed E-state index contributed by atoms with van der Waals surface area (Å²) in [6.45, 7) is 7.08. The molecule has 0 saturated carbocycles. The van der Waals surface area contributed by atoms with Crippen LogP contribution in [0.2, 0.25) is 0 Å². The largest absolute Gasteiger partial charge is 0.481 e. The molecule has 24 nitrogen and oxygen atoms in total. The van der Waals surface area contributed by atoms with E-state index in [1.807, 2.05) is 24.3 Å². The minimum absolute atomic E-state index is 0.198. The van der Waals surface area contributed by atoms with E-state index >= 15 is 0 Å². The van der Waals surface area contributed by atoms with Gasteiger partial charge in [-0.05, 0) is 48.5 Å². The summed E-state index contributed by atoms with van der Waals surface area (Å²) in [6, 6.07) is 12.2. The van der Waals surface area contributed by atoms with Gasteiger partial charge in [0.05, 0.1) is 112 Å². The van der Waals surface area contributed by atoms with Crippen LogP contribution in [0.15, 0.2) is 54.9 Å². The topological polar surface area (TPSA) is 317 Å². The number of hydrogen-bond acceptors (Lipinski definition) is 19. The molecule has 25 heteroatoms. The number of carbonyl (C=O) groups excluding carboxylic acids is 1. The fourth-order valence-electron chi connectivity index (χ4n) is 6.84. The SMILES string of the molecule is O=C(O)CC1CNC(CC(=O)O)C(Cc2ccc(NC(=S)NCCOCCOCCOCCOCCOCCOCCOCCNC(=O)c3ccc(-c4nncnn4)cc3)cc2)NC(CC(=O)O)CN1. The van der Waals surface area contributed by atoms with Crippen molar-refractivity contribution in [1.29, 1.82) is 0 Å². The maximum absolute atomic E-state index is 12.3. The molecule has 1 amide bonds. The van der Waals surface area contributed by atoms with Crippen LogP contribution in [0.25, 0.3) is 11.4 Å². The van der Waals surface area contributed by atoms with Crippen molar-refractivity contribution in [2.24, 2.45) is 0 Å². The number of thiocarbonyl (C=S) groups is 1. The minimum Gasteiger partial charge on any atom is -0.481 e. The summed E-state index contributed by atoms with van der Waals surface area (Å²) in [5, 5.41) is 62.7. The van der Waals surface area contributed by atoms with Crippen LogP contribution in [0.1, 0.15) is 35.2 Å². The Morgan fingerprint density at radius 2 is 1.04 bits per heavy atom. The molecule has 0 bridgehead atoms. The van der Waals surface area contributed by atoms with Crippen molar-refractivity contribution in [3.8, 4) is 11.4 Å². The van der Waals surface area contributed by atoms with Crippen molar-refractivity contribution in [2.45, 2.75) is 49.9 Å². The molecule has 9 N–H and O–H groups in total. The Morgan fingerprint density at radius 3 is 1.56 bits per heavy atom. The summed E-state index contributed by atoms with van der Waals surface area (Å²) >= 11 is 5.42. The summed E-state index contributed by atoms with van der Waals surface area (Å²) in [5.41, 5.74) is 2.84. The molecule has 70 heavy (non-hydrogen) atoms. The smallest absolute Gasteiger partial charge is 0.304 e. The number of amides is 1. The first-order valence-corrected chi connectivity index (χ1v) is 23.4. The lowest BCUT2D eigenvalue weighted by atomic mass is 9.95. The number of hydrogen-bond donors (Lipinski definition) is 9. The highest BCUT2D eigenvalue weighted by molar-refractivity contribution is 7.80. The summed E-state index contributed by atoms with van der Waals surface area (Å²) in [5.74, 6) is -2.90. The van der Waals surface area contributed by atoms with Gasteiger partial charge < -0.3 is 80.4 Å². The Hall–Kier alpha value is -5.45. The number of carboxylic acids is 3. The van der Waals surface area contributed by atoms with Gasteiger partial charge in [0, 0.05) is 67.2 Å². The highest BCUT2D eigenvalue weighted by Crippen LogP contribution is 2.17. The molecule has 1 aliphatic rings. The molecule has 1 saturated heterocycles. The molecule has 1 aromatic heterocycles. The van der Waals surface area contributed by atoms with Gasteiger partial charge in [-0.15, -0.1) is 20.4 Å². The first kappa shape index (κ1) is 57.1. The van der Waals surface area contributed by atoms with Gasteiger partial charge in [0.2, 0.25) is 5.82 Å². The molecule has 4 atom stereocenters. The molecular weight excluding hydrogens is 937 g/mol. The van der Waals surface area contributed by atoms with Crippen LogP contribution >= 0.6 is 12.2 Å². The number of aromatic nitrogens is 4. The monoisotopic (exact) mass is 1000 g/mol. The van der Waals surface area contributed by atoms with Gasteiger partial charge >= 0.3 is 17.9 Å². The quantitative estimate of drug-likeness (QED) is 0.0276.